The molecule has 1 heterocycles. The molecule has 0 saturated heterocycles. The molecule has 1 fully saturated rings. The Labute approximate surface area is 137 Å². The lowest BCUT2D eigenvalue weighted by Crippen LogP contribution is -2.33. The van der Waals surface area contributed by atoms with Gasteiger partial charge in [0, 0.05) is 18.5 Å². The molecule has 1 aromatic rings. The summed E-state index contributed by atoms with van der Waals surface area (Å²) in [5.74, 6) is 1.92. The minimum Gasteiger partial charge on any atom is -0.495 e. The second kappa shape index (κ2) is 7.06. The molecule has 0 atom stereocenters. The average Bonchev–Trinajstić information content (AvgIpc) is 3.29. The Bertz CT molecular complexity index is 562. The Morgan fingerprint density at radius 3 is 2.52 bits per heavy atom. The first-order chi connectivity index (χ1) is 10.8. The standard InChI is InChI=1S/C17H26N2O4/c1-17(2,3)23-16(20)18-9-8-13-14(21-4)10-12(11-6-7-11)15(19-13)22-5/h10-11H,6-9H2,1-5H3,(H,18,20). The van der Waals surface area contributed by atoms with Gasteiger partial charge in [0.05, 0.1) is 19.9 Å². The molecule has 6 heteroatoms. The molecule has 0 aromatic carbocycles. The van der Waals surface area contributed by atoms with Gasteiger partial charge in [0.1, 0.15) is 11.4 Å². The van der Waals surface area contributed by atoms with Crippen LogP contribution in [0.1, 0.15) is 50.8 Å². The maximum atomic E-state index is 11.7. The van der Waals surface area contributed by atoms with Gasteiger partial charge >= 0.3 is 6.09 Å². The molecule has 0 bridgehead atoms. The molecule has 1 amide bonds. The number of carbonyl (C=O) groups excluding carboxylic acids is 1. The molecule has 0 unspecified atom stereocenters. The summed E-state index contributed by atoms with van der Waals surface area (Å²) in [5.41, 5.74) is 1.37. The summed E-state index contributed by atoms with van der Waals surface area (Å²) in [6.07, 6.45) is 2.45. The minimum absolute atomic E-state index is 0.421. The smallest absolute Gasteiger partial charge is 0.407 e. The molecule has 6 nitrogen and oxygen atoms in total. The molecule has 1 aliphatic rings. The number of aromatic nitrogens is 1. The Morgan fingerprint density at radius 1 is 1.30 bits per heavy atom. The summed E-state index contributed by atoms with van der Waals surface area (Å²) in [4.78, 5) is 16.2. The summed E-state index contributed by atoms with van der Waals surface area (Å²) in [6, 6.07) is 2.01. The van der Waals surface area contributed by atoms with E-state index in [-0.39, 0.29) is 0 Å². The summed E-state index contributed by atoms with van der Waals surface area (Å²) < 4.78 is 16.1. The molecule has 1 saturated carbocycles. The van der Waals surface area contributed by atoms with Crippen LogP contribution in [-0.2, 0) is 11.2 Å². The van der Waals surface area contributed by atoms with Crippen LogP contribution >= 0.6 is 0 Å². The number of pyridine rings is 1. The number of nitrogens with one attached hydrogen (secondary N) is 1. The maximum Gasteiger partial charge on any atom is 0.407 e. The number of hydrogen-bond donors (Lipinski definition) is 1. The lowest BCUT2D eigenvalue weighted by atomic mass is 10.1. The first-order valence-corrected chi connectivity index (χ1v) is 7.92. The van der Waals surface area contributed by atoms with E-state index in [0.29, 0.717) is 24.8 Å². The molecule has 0 spiro atoms. The summed E-state index contributed by atoms with van der Waals surface area (Å²) in [7, 11) is 3.26. The normalized spacial score (nSPS) is 14.3. The van der Waals surface area contributed by atoms with Gasteiger partial charge in [0.25, 0.3) is 0 Å². The minimum atomic E-state index is -0.505. The third-order valence-corrected chi connectivity index (χ3v) is 3.51. The van der Waals surface area contributed by atoms with Crippen molar-refractivity contribution in [3.05, 3.63) is 17.3 Å². The first-order valence-electron chi connectivity index (χ1n) is 7.92. The lowest BCUT2D eigenvalue weighted by molar-refractivity contribution is 0.0528. The highest BCUT2D eigenvalue weighted by Crippen LogP contribution is 2.45. The Morgan fingerprint density at radius 2 is 2.00 bits per heavy atom. The van der Waals surface area contributed by atoms with Crippen LogP contribution in [0.25, 0.3) is 0 Å². The fourth-order valence-corrected chi connectivity index (χ4v) is 2.33. The van der Waals surface area contributed by atoms with Crippen molar-refractivity contribution in [2.45, 2.75) is 51.6 Å². The van der Waals surface area contributed by atoms with E-state index in [1.54, 1.807) is 14.2 Å². The Hall–Kier alpha value is -1.98. The van der Waals surface area contributed by atoms with Crippen molar-refractivity contribution in [3.63, 3.8) is 0 Å². The SMILES string of the molecule is COc1cc(C2CC2)c(OC)nc1CCNC(=O)OC(C)(C)C. The average molecular weight is 322 g/mol. The van der Waals surface area contributed by atoms with Gasteiger partial charge in [-0.1, -0.05) is 0 Å². The van der Waals surface area contributed by atoms with Gasteiger partial charge in [0.2, 0.25) is 5.88 Å². The van der Waals surface area contributed by atoms with Crippen molar-refractivity contribution in [1.82, 2.24) is 10.3 Å². The van der Waals surface area contributed by atoms with E-state index < -0.39 is 11.7 Å². The van der Waals surface area contributed by atoms with E-state index in [1.807, 2.05) is 26.8 Å². The highest BCUT2D eigenvalue weighted by atomic mass is 16.6. The van der Waals surface area contributed by atoms with E-state index in [9.17, 15) is 4.79 Å². The number of alkyl carbamates (subject to hydrolysis) is 1. The van der Waals surface area contributed by atoms with Crippen LogP contribution in [0.15, 0.2) is 6.07 Å². The third kappa shape index (κ3) is 5.01. The topological polar surface area (TPSA) is 69.7 Å². The second-order valence-electron chi connectivity index (χ2n) is 6.69. The van der Waals surface area contributed by atoms with E-state index in [2.05, 4.69) is 10.3 Å². The third-order valence-electron chi connectivity index (χ3n) is 3.51. The highest BCUT2D eigenvalue weighted by Gasteiger charge is 2.29. The van der Waals surface area contributed by atoms with Crippen molar-refractivity contribution >= 4 is 6.09 Å². The van der Waals surface area contributed by atoms with Crippen molar-refractivity contribution < 1.29 is 19.0 Å². The number of methoxy groups -OCH3 is 2. The Balaban J connectivity index is 2.00. The molecule has 1 aromatic heterocycles. The molecular weight excluding hydrogens is 296 g/mol. The molecule has 128 valence electrons. The molecule has 1 N–H and O–H groups in total. The predicted molar refractivity (Wildman–Crippen MR) is 87.3 cm³/mol. The van der Waals surface area contributed by atoms with Gasteiger partial charge in [-0.15, -0.1) is 0 Å². The number of carbonyl (C=O) groups is 1. The van der Waals surface area contributed by atoms with E-state index >= 15 is 0 Å². The predicted octanol–water partition coefficient (Wildman–Crippen LogP) is 3.04. The van der Waals surface area contributed by atoms with Gasteiger partial charge in [-0.25, -0.2) is 9.78 Å². The van der Waals surface area contributed by atoms with E-state index in [1.165, 1.54) is 12.8 Å². The first kappa shape index (κ1) is 17.4. The fraction of sp³-hybridized carbons (Fsp3) is 0.647. The summed E-state index contributed by atoms with van der Waals surface area (Å²) >= 11 is 0. The van der Waals surface area contributed by atoms with Crippen molar-refractivity contribution in [2.75, 3.05) is 20.8 Å². The van der Waals surface area contributed by atoms with E-state index in [4.69, 9.17) is 14.2 Å². The van der Waals surface area contributed by atoms with Crippen molar-refractivity contribution in [2.24, 2.45) is 0 Å². The number of nitrogens with zero attached hydrogens (tertiary/aromatic N) is 1. The zero-order chi connectivity index (χ0) is 17.0. The number of rotatable bonds is 6. The second-order valence-corrected chi connectivity index (χ2v) is 6.69. The van der Waals surface area contributed by atoms with Crippen molar-refractivity contribution in [3.8, 4) is 11.6 Å². The van der Waals surface area contributed by atoms with Crippen LogP contribution in [0, 0.1) is 0 Å². The van der Waals surface area contributed by atoms with Crippen LogP contribution in [0.5, 0.6) is 11.6 Å². The van der Waals surface area contributed by atoms with E-state index in [0.717, 1.165) is 17.0 Å². The van der Waals surface area contributed by atoms with Gasteiger partial charge in [-0.05, 0) is 45.6 Å². The number of hydrogen-bond acceptors (Lipinski definition) is 5. The van der Waals surface area contributed by atoms with Crippen molar-refractivity contribution in [1.29, 1.82) is 0 Å². The molecular formula is C17H26N2O4. The van der Waals surface area contributed by atoms with Crippen LogP contribution in [-0.4, -0.2) is 37.4 Å². The lowest BCUT2D eigenvalue weighted by Gasteiger charge is -2.19. The number of ether oxygens (including phenoxy) is 3. The van der Waals surface area contributed by atoms with Crippen LogP contribution in [0.4, 0.5) is 4.79 Å². The largest absolute Gasteiger partial charge is 0.495 e. The van der Waals surface area contributed by atoms with Gasteiger partial charge in [0.15, 0.2) is 0 Å². The van der Waals surface area contributed by atoms with Crippen LogP contribution < -0.4 is 14.8 Å². The maximum absolute atomic E-state index is 11.7. The Kier molecular flexibility index (Phi) is 5.34. The highest BCUT2D eigenvalue weighted by molar-refractivity contribution is 5.67. The van der Waals surface area contributed by atoms with Gasteiger partial charge < -0.3 is 19.5 Å². The molecule has 0 radical (unpaired) electrons. The zero-order valence-corrected chi connectivity index (χ0v) is 14.6. The zero-order valence-electron chi connectivity index (χ0n) is 14.6. The molecule has 1 aliphatic carbocycles. The monoisotopic (exact) mass is 322 g/mol. The molecule has 0 aliphatic heterocycles. The van der Waals surface area contributed by atoms with Gasteiger partial charge in [-0.3, -0.25) is 0 Å². The van der Waals surface area contributed by atoms with Gasteiger partial charge in [-0.2, -0.15) is 0 Å². The quantitative estimate of drug-likeness (QED) is 0.872. The molecule has 23 heavy (non-hydrogen) atoms. The summed E-state index contributed by atoms with van der Waals surface area (Å²) in [5, 5.41) is 2.73. The summed E-state index contributed by atoms with van der Waals surface area (Å²) in [6.45, 7) is 5.92. The van der Waals surface area contributed by atoms with Crippen LogP contribution in [0.2, 0.25) is 0 Å². The van der Waals surface area contributed by atoms with Crippen LogP contribution in [0.3, 0.4) is 0 Å². The number of amides is 1. The molecule has 2 rings (SSSR count). The fourth-order valence-electron chi connectivity index (χ4n) is 2.33.